The molecule has 4 aromatic rings. The predicted octanol–water partition coefficient (Wildman–Crippen LogP) is 3.35. The van der Waals surface area contributed by atoms with Crippen molar-refractivity contribution in [2.45, 2.75) is 25.8 Å². The SMILES string of the molecule is Cc1ccc(-n2nnnc2-c2cnc(NCCC[C@@H](N)C(=O)O)nc2-c2cccc(Cl)c2)cc1. The van der Waals surface area contributed by atoms with Crippen LogP contribution in [0, 0.1) is 6.92 Å². The lowest BCUT2D eigenvalue weighted by Crippen LogP contribution is -2.30. The van der Waals surface area contributed by atoms with Crippen LogP contribution in [-0.4, -0.2) is 53.8 Å². The number of carboxylic acids is 1. The molecule has 0 saturated carbocycles. The number of nitrogens with two attached hydrogens (primary N) is 1. The van der Waals surface area contributed by atoms with E-state index < -0.39 is 12.0 Å². The van der Waals surface area contributed by atoms with E-state index in [1.54, 1.807) is 16.9 Å². The number of carbonyl (C=O) groups is 1. The fourth-order valence-electron chi connectivity index (χ4n) is 3.35. The highest BCUT2D eigenvalue weighted by atomic mass is 35.5. The van der Waals surface area contributed by atoms with Crippen molar-refractivity contribution in [3.05, 3.63) is 65.3 Å². The van der Waals surface area contributed by atoms with Crippen molar-refractivity contribution in [3.63, 3.8) is 0 Å². The smallest absolute Gasteiger partial charge is 0.320 e. The van der Waals surface area contributed by atoms with E-state index >= 15 is 0 Å². The first-order chi connectivity index (χ1) is 16.4. The van der Waals surface area contributed by atoms with Gasteiger partial charge in [-0.3, -0.25) is 4.79 Å². The Hall–Kier alpha value is -3.89. The lowest BCUT2D eigenvalue weighted by molar-refractivity contribution is -0.138. The maximum atomic E-state index is 10.9. The third kappa shape index (κ3) is 5.36. The molecule has 0 unspecified atom stereocenters. The molecule has 34 heavy (non-hydrogen) atoms. The van der Waals surface area contributed by atoms with E-state index in [1.165, 1.54) is 0 Å². The molecule has 1 atom stereocenters. The van der Waals surface area contributed by atoms with Gasteiger partial charge in [-0.15, -0.1) is 5.10 Å². The Kier molecular flexibility index (Phi) is 7.09. The molecule has 10 nitrogen and oxygen atoms in total. The normalized spacial score (nSPS) is 11.9. The van der Waals surface area contributed by atoms with Crippen molar-refractivity contribution in [2.75, 3.05) is 11.9 Å². The minimum Gasteiger partial charge on any atom is -0.480 e. The van der Waals surface area contributed by atoms with Crippen LogP contribution in [0.1, 0.15) is 18.4 Å². The second-order valence-corrected chi connectivity index (χ2v) is 8.17. The highest BCUT2D eigenvalue weighted by molar-refractivity contribution is 6.30. The monoisotopic (exact) mass is 478 g/mol. The van der Waals surface area contributed by atoms with E-state index in [9.17, 15) is 4.79 Å². The van der Waals surface area contributed by atoms with Gasteiger partial charge in [0.05, 0.1) is 16.9 Å². The van der Waals surface area contributed by atoms with Gasteiger partial charge in [0, 0.05) is 23.3 Å². The Morgan fingerprint density at radius 1 is 1.24 bits per heavy atom. The van der Waals surface area contributed by atoms with Crippen LogP contribution in [0.2, 0.25) is 5.02 Å². The number of carboxylic acid groups (broad SMARTS) is 1. The second-order valence-electron chi connectivity index (χ2n) is 7.73. The molecular weight excluding hydrogens is 456 g/mol. The summed E-state index contributed by atoms with van der Waals surface area (Å²) in [5.74, 6) is -0.148. The minimum atomic E-state index is -1.02. The van der Waals surface area contributed by atoms with Gasteiger partial charge in [-0.2, -0.15) is 4.68 Å². The Morgan fingerprint density at radius 3 is 2.76 bits per heavy atom. The van der Waals surface area contributed by atoms with Crippen molar-refractivity contribution in [2.24, 2.45) is 5.73 Å². The van der Waals surface area contributed by atoms with Gasteiger partial charge in [0.2, 0.25) is 5.95 Å². The van der Waals surface area contributed by atoms with Gasteiger partial charge in [-0.25, -0.2) is 9.97 Å². The number of tetrazole rings is 1. The Bertz CT molecular complexity index is 1290. The van der Waals surface area contributed by atoms with Crippen molar-refractivity contribution in [3.8, 4) is 28.3 Å². The third-order valence-electron chi connectivity index (χ3n) is 5.17. The number of hydrogen-bond acceptors (Lipinski definition) is 8. The molecule has 4 N–H and O–H groups in total. The van der Waals surface area contributed by atoms with Crippen LogP contribution in [-0.2, 0) is 4.79 Å². The standard InChI is InChI=1S/C23H23ClN8O2/c1-14-7-9-17(10-8-14)32-21(29-30-31-32)18-13-27-23(26-11-3-6-19(25)22(33)34)28-20(18)15-4-2-5-16(24)12-15/h2,4-5,7-10,12-13,19H,3,6,11,25H2,1H3,(H,33,34)(H,26,27,28)/t19-/m1/s1. The van der Waals surface area contributed by atoms with Gasteiger partial charge in [0.1, 0.15) is 6.04 Å². The van der Waals surface area contributed by atoms with Crippen molar-refractivity contribution >= 4 is 23.5 Å². The summed E-state index contributed by atoms with van der Waals surface area (Å²) in [7, 11) is 0. The summed E-state index contributed by atoms with van der Waals surface area (Å²) in [6, 6.07) is 14.3. The van der Waals surface area contributed by atoms with Crippen molar-refractivity contribution in [1.29, 1.82) is 0 Å². The average molecular weight is 479 g/mol. The van der Waals surface area contributed by atoms with Gasteiger partial charge in [-0.05, 0) is 54.5 Å². The summed E-state index contributed by atoms with van der Waals surface area (Å²) in [5, 5.41) is 24.9. The molecule has 0 radical (unpaired) electrons. The number of aryl methyl sites for hydroxylation is 1. The van der Waals surface area contributed by atoms with Crippen molar-refractivity contribution in [1.82, 2.24) is 30.2 Å². The van der Waals surface area contributed by atoms with Crippen LogP contribution < -0.4 is 11.1 Å². The highest BCUT2D eigenvalue weighted by Gasteiger charge is 2.19. The summed E-state index contributed by atoms with van der Waals surface area (Å²) in [4.78, 5) is 20.0. The Labute approximate surface area is 200 Å². The number of halogens is 1. The minimum absolute atomic E-state index is 0.340. The quantitative estimate of drug-likeness (QED) is 0.308. The van der Waals surface area contributed by atoms with E-state index in [1.807, 2.05) is 49.4 Å². The van der Waals surface area contributed by atoms with Crippen LogP contribution in [0.15, 0.2) is 54.7 Å². The fourth-order valence-corrected chi connectivity index (χ4v) is 3.54. The van der Waals surface area contributed by atoms with Crippen LogP contribution in [0.5, 0.6) is 0 Å². The van der Waals surface area contributed by atoms with Gasteiger partial charge in [-0.1, -0.05) is 41.4 Å². The largest absolute Gasteiger partial charge is 0.480 e. The summed E-state index contributed by atoms with van der Waals surface area (Å²) in [6.07, 6.45) is 2.55. The highest BCUT2D eigenvalue weighted by Crippen LogP contribution is 2.31. The second kappa shape index (κ2) is 10.4. The van der Waals surface area contributed by atoms with Crippen LogP contribution in [0.25, 0.3) is 28.3 Å². The first kappa shape index (κ1) is 23.3. The van der Waals surface area contributed by atoms with Gasteiger partial charge < -0.3 is 16.2 Å². The number of aliphatic carboxylic acids is 1. The van der Waals surface area contributed by atoms with E-state index in [4.69, 9.17) is 27.4 Å². The molecule has 11 heteroatoms. The number of aromatic nitrogens is 6. The zero-order valence-corrected chi connectivity index (χ0v) is 19.1. The van der Waals surface area contributed by atoms with Gasteiger partial charge in [0.15, 0.2) is 5.82 Å². The van der Waals surface area contributed by atoms with E-state index in [0.717, 1.165) is 16.8 Å². The molecule has 0 amide bonds. The van der Waals surface area contributed by atoms with Gasteiger partial charge >= 0.3 is 5.97 Å². The zero-order chi connectivity index (χ0) is 24.1. The molecular formula is C23H23ClN8O2. The first-order valence-corrected chi connectivity index (χ1v) is 11.0. The number of hydrogen-bond donors (Lipinski definition) is 3. The summed E-state index contributed by atoms with van der Waals surface area (Å²) < 4.78 is 1.63. The summed E-state index contributed by atoms with van der Waals surface area (Å²) in [6.45, 7) is 2.48. The lowest BCUT2D eigenvalue weighted by Gasteiger charge is -2.12. The molecule has 0 bridgehead atoms. The molecule has 0 aliphatic heterocycles. The molecule has 0 saturated heterocycles. The van der Waals surface area contributed by atoms with Crippen LogP contribution in [0.3, 0.4) is 0 Å². The number of nitrogens with one attached hydrogen (secondary N) is 1. The van der Waals surface area contributed by atoms with E-state index in [2.05, 4.69) is 25.8 Å². The van der Waals surface area contributed by atoms with E-state index in [0.29, 0.717) is 47.4 Å². The number of benzene rings is 2. The van der Waals surface area contributed by atoms with Crippen molar-refractivity contribution < 1.29 is 9.90 Å². The lowest BCUT2D eigenvalue weighted by atomic mass is 10.1. The maximum absolute atomic E-state index is 10.9. The Morgan fingerprint density at radius 2 is 2.03 bits per heavy atom. The molecule has 0 aliphatic carbocycles. The number of anilines is 1. The third-order valence-corrected chi connectivity index (χ3v) is 5.40. The fraction of sp³-hybridized carbons (Fsp3) is 0.217. The maximum Gasteiger partial charge on any atom is 0.320 e. The molecule has 2 aromatic carbocycles. The molecule has 174 valence electrons. The number of nitrogens with zero attached hydrogens (tertiary/aromatic N) is 6. The number of rotatable bonds is 9. The zero-order valence-electron chi connectivity index (χ0n) is 18.4. The molecule has 4 rings (SSSR count). The molecule has 2 heterocycles. The molecule has 2 aromatic heterocycles. The van der Waals surface area contributed by atoms with Gasteiger partial charge in [0.25, 0.3) is 0 Å². The topological polar surface area (TPSA) is 145 Å². The first-order valence-electron chi connectivity index (χ1n) is 10.6. The van der Waals surface area contributed by atoms with E-state index in [-0.39, 0.29) is 0 Å². The Balaban J connectivity index is 1.68. The average Bonchev–Trinajstić information content (AvgIpc) is 3.31. The predicted molar refractivity (Wildman–Crippen MR) is 129 cm³/mol. The molecule has 0 spiro atoms. The summed E-state index contributed by atoms with van der Waals surface area (Å²) in [5.41, 5.74) is 9.50. The van der Waals surface area contributed by atoms with Crippen LogP contribution >= 0.6 is 11.6 Å². The van der Waals surface area contributed by atoms with Crippen LogP contribution in [0.4, 0.5) is 5.95 Å². The molecule has 0 fully saturated rings. The molecule has 0 aliphatic rings. The summed E-state index contributed by atoms with van der Waals surface area (Å²) >= 11 is 6.25.